The van der Waals surface area contributed by atoms with Crippen LogP contribution in [0.15, 0.2) is 51.5 Å². The van der Waals surface area contributed by atoms with E-state index < -0.39 is 46.3 Å². The van der Waals surface area contributed by atoms with Crippen LogP contribution in [0.3, 0.4) is 0 Å². The lowest BCUT2D eigenvalue weighted by Gasteiger charge is -2.57. The quantitative estimate of drug-likeness (QED) is 0.284. The molecule has 0 unspecified atom stereocenters. The average Bonchev–Trinajstić information content (AvgIpc) is 3.76. The van der Waals surface area contributed by atoms with Gasteiger partial charge in [0.05, 0.1) is 60.9 Å². The normalized spacial score (nSPS) is 30.6. The Morgan fingerprint density at radius 2 is 1.80 bits per heavy atom. The molecule has 0 saturated carbocycles. The van der Waals surface area contributed by atoms with Crippen LogP contribution in [0.25, 0.3) is 11.3 Å². The van der Waals surface area contributed by atoms with Crippen molar-refractivity contribution in [1.29, 1.82) is 0 Å². The lowest BCUT2D eigenvalue weighted by atomic mass is 9.49. The number of aryl methyl sites for hydroxylation is 1. The van der Waals surface area contributed by atoms with Gasteiger partial charge in [0.25, 0.3) is 0 Å². The van der Waals surface area contributed by atoms with Crippen LogP contribution in [-0.2, 0) is 33.5 Å². The first-order chi connectivity index (χ1) is 21.9. The minimum atomic E-state index is -2.64. The van der Waals surface area contributed by atoms with Crippen molar-refractivity contribution in [3.05, 3.63) is 81.9 Å². The Kier molecular flexibility index (Phi) is 6.05. The predicted molar refractivity (Wildman–Crippen MR) is 158 cm³/mol. The van der Waals surface area contributed by atoms with Gasteiger partial charge in [0.1, 0.15) is 28.9 Å². The second kappa shape index (κ2) is 9.49. The SMILES string of the molecule is COc1cc(OC)c2c(c1)[C@@H](OCc1ccccc1)[C@]13C[C@@H](C(C)(C)O)O[C@H]1[C@]1(O)Cc4onc(C)c4C(=O)[C@]1(O)c1onc-2c13. The largest absolute Gasteiger partial charge is 0.497 e. The topological polar surface area (TPSA) is 167 Å². The summed E-state index contributed by atoms with van der Waals surface area (Å²) in [6, 6.07) is 13.1. The van der Waals surface area contributed by atoms with Crippen molar-refractivity contribution in [3.8, 4) is 22.8 Å². The molecule has 12 heteroatoms. The third kappa shape index (κ3) is 3.48. The molecule has 8 rings (SSSR count). The van der Waals surface area contributed by atoms with Crippen molar-refractivity contribution < 1.29 is 48.1 Å². The summed E-state index contributed by atoms with van der Waals surface area (Å²) >= 11 is 0. The van der Waals surface area contributed by atoms with Crippen LogP contribution in [0.5, 0.6) is 11.5 Å². The molecule has 1 saturated heterocycles. The van der Waals surface area contributed by atoms with Crippen LogP contribution in [0.4, 0.5) is 0 Å². The van der Waals surface area contributed by atoms with Gasteiger partial charge >= 0.3 is 0 Å². The molecule has 2 aromatic heterocycles. The highest BCUT2D eigenvalue weighted by Crippen LogP contribution is 2.70. The molecule has 0 bridgehead atoms. The number of aromatic nitrogens is 2. The highest BCUT2D eigenvalue weighted by Gasteiger charge is 2.80. The highest BCUT2D eigenvalue weighted by atomic mass is 16.6. The number of hydrogen-bond donors (Lipinski definition) is 3. The fourth-order valence-corrected chi connectivity index (χ4v) is 8.23. The highest BCUT2D eigenvalue weighted by molar-refractivity contribution is 6.07. The maximum Gasteiger partial charge on any atom is 0.220 e. The van der Waals surface area contributed by atoms with Crippen LogP contribution in [0.1, 0.15) is 70.6 Å². The summed E-state index contributed by atoms with van der Waals surface area (Å²) < 4.78 is 36.6. The van der Waals surface area contributed by atoms with Crippen LogP contribution < -0.4 is 9.47 Å². The standard InChI is InChI=1S/C34H34N2O10/c1-16-23-21(45-35-16)13-33(39)30-32(14-22(44-30)31(2,3)38)25-26(36-46-29(25)34(33,40)27(23)37)24-19(11-18(41-4)12-20(24)42-5)28(32)43-15-17-9-7-6-8-10-17/h6-12,22,28,30,38-40H,13-15H2,1-5H3/t22-,28+,30+,32+,33+,34-/m0/s1. The maximum absolute atomic E-state index is 14.4. The molecule has 3 heterocycles. The van der Waals surface area contributed by atoms with Gasteiger partial charge in [-0.15, -0.1) is 0 Å². The smallest absolute Gasteiger partial charge is 0.220 e. The summed E-state index contributed by atoms with van der Waals surface area (Å²) in [5.41, 5.74) is -4.67. The Bertz CT molecular complexity index is 1890. The van der Waals surface area contributed by atoms with Gasteiger partial charge in [-0.2, -0.15) is 0 Å². The van der Waals surface area contributed by atoms with Crippen molar-refractivity contribution in [2.75, 3.05) is 14.2 Å². The Morgan fingerprint density at radius 1 is 1.04 bits per heavy atom. The van der Waals surface area contributed by atoms with Crippen LogP contribution >= 0.6 is 0 Å². The molecular formula is C34H34N2O10. The van der Waals surface area contributed by atoms with E-state index in [0.717, 1.165) is 5.56 Å². The van der Waals surface area contributed by atoms with Crippen molar-refractivity contribution in [3.63, 3.8) is 0 Å². The van der Waals surface area contributed by atoms with Crippen molar-refractivity contribution in [1.82, 2.24) is 10.3 Å². The molecule has 1 fully saturated rings. The number of nitrogens with zero attached hydrogens (tertiary/aromatic N) is 2. The predicted octanol–water partition coefficient (Wildman–Crippen LogP) is 3.46. The molecule has 240 valence electrons. The Morgan fingerprint density at radius 3 is 2.50 bits per heavy atom. The summed E-state index contributed by atoms with van der Waals surface area (Å²) in [4.78, 5) is 14.4. The molecule has 0 amide bonds. The van der Waals surface area contributed by atoms with Gasteiger partial charge in [-0.3, -0.25) is 4.79 Å². The maximum atomic E-state index is 14.4. The Labute approximate surface area is 263 Å². The summed E-state index contributed by atoms with van der Waals surface area (Å²) in [6.45, 7) is 4.98. The van der Waals surface area contributed by atoms with Crippen LogP contribution in [0.2, 0.25) is 0 Å². The van der Waals surface area contributed by atoms with E-state index >= 15 is 0 Å². The van der Waals surface area contributed by atoms with Gasteiger partial charge < -0.3 is 43.3 Å². The minimum Gasteiger partial charge on any atom is -0.497 e. The molecule has 2 aromatic carbocycles. The fraction of sp³-hybridized carbons (Fsp3) is 0.441. The van der Waals surface area contributed by atoms with E-state index in [1.165, 1.54) is 7.11 Å². The first-order valence-electron chi connectivity index (χ1n) is 15.1. The number of methoxy groups -OCH3 is 2. The van der Waals surface area contributed by atoms with Gasteiger partial charge in [0, 0.05) is 18.1 Å². The van der Waals surface area contributed by atoms with Gasteiger partial charge in [-0.25, -0.2) is 0 Å². The monoisotopic (exact) mass is 630 g/mol. The summed E-state index contributed by atoms with van der Waals surface area (Å²) in [6.07, 6.45) is -3.29. The van der Waals surface area contributed by atoms with E-state index in [1.807, 2.05) is 36.4 Å². The summed E-state index contributed by atoms with van der Waals surface area (Å²) in [7, 11) is 3.06. The number of carbonyl (C=O) groups excluding carboxylic acids is 1. The fourth-order valence-electron chi connectivity index (χ4n) is 8.23. The third-order valence-electron chi connectivity index (χ3n) is 10.4. The Balaban J connectivity index is 1.46. The molecule has 4 aliphatic rings. The number of hydrogen-bond acceptors (Lipinski definition) is 12. The lowest BCUT2D eigenvalue weighted by Crippen LogP contribution is -2.73. The molecule has 1 aliphatic heterocycles. The van der Waals surface area contributed by atoms with E-state index in [1.54, 1.807) is 33.9 Å². The molecule has 3 N–H and O–H groups in total. The van der Waals surface area contributed by atoms with Crippen LogP contribution in [-0.4, -0.2) is 69.0 Å². The molecule has 0 radical (unpaired) electrons. The van der Waals surface area contributed by atoms with Crippen molar-refractivity contribution in [2.24, 2.45) is 0 Å². The second-order valence-electron chi connectivity index (χ2n) is 13.3. The number of carbonyl (C=O) groups is 1. The van der Waals surface area contributed by atoms with Crippen molar-refractivity contribution in [2.45, 2.75) is 80.7 Å². The molecule has 1 spiro atoms. The van der Waals surface area contributed by atoms with Gasteiger partial charge in [0.15, 0.2) is 11.5 Å². The molecule has 12 nitrogen and oxygen atoms in total. The van der Waals surface area contributed by atoms with Crippen molar-refractivity contribution >= 4 is 5.78 Å². The molecule has 6 atom stereocenters. The summed E-state index contributed by atoms with van der Waals surface area (Å²) in [5, 5.41) is 45.4. The zero-order valence-corrected chi connectivity index (χ0v) is 26.0. The van der Waals surface area contributed by atoms with Gasteiger partial charge in [-0.1, -0.05) is 40.6 Å². The average molecular weight is 631 g/mol. The Hall–Kier alpha value is -4.07. The van der Waals surface area contributed by atoms with E-state index in [-0.39, 0.29) is 42.2 Å². The molecule has 3 aliphatic carbocycles. The third-order valence-corrected chi connectivity index (χ3v) is 10.4. The molecule has 46 heavy (non-hydrogen) atoms. The van der Waals surface area contributed by atoms with E-state index in [0.29, 0.717) is 33.9 Å². The van der Waals surface area contributed by atoms with E-state index in [9.17, 15) is 20.1 Å². The summed E-state index contributed by atoms with van der Waals surface area (Å²) in [5.74, 6) is -0.0447. The van der Waals surface area contributed by atoms with E-state index in [2.05, 4.69) is 10.3 Å². The van der Waals surface area contributed by atoms with Gasteiger partial charge in [0.2, 0.25) is 11.4 Å². The minimum absolute atomic E-state index is 0.0669. The number of ketones is 1. The van der Waals surface area contributed by atoms with Gasteiger partial charge in [-0.05, 0) is 44.4 Å². The zero-order chi connectivity index (χ0) is 32.4. The number of aliphatic hydroxyl groups is 3. The molecule has 4 aromatic rings. The second-order valence-corrected chi connectivity index (χ2v) is 13.3. The first-order valence-corrected chi connectivity index (χ1v) is 15.1. The number of benzene rings is 2. The number of Topliss-reactive ketones (excluding diaryl/α,β-unsaturated/α-hetero) is 1. The molecular weight excluding hydrogens is 596 g/mol. The number of fused-ring (bicyclic) bond motifs is 6. The van der Waals surface area contributed by atoms with Crippen LogP contribution in [0, 0.1) is 6.92 Å². The first kappa shape index (κ1) is 29.3. The zero-order valence-electron chi connectivity index (χ0n) is 26.0. The van der Waals surface area contributed by atoms with E-state index in [4.69, 9.17) is 28.0 Å². The number of rotatable bonds is 6. The number of ether oxygens (including phenoxy) is 4. The lowest BCUT2D eigenvalue weighted by molar-refractivity contribution is -0.243.